The highest BCUT2D eigenvalue weighted by Crippen LogP contribution is 2.46. The van der Waals surface area contributed by atoms with Crippen LogP contribution >= 0.6 is 22.6 Å². The van der Waals surface area contributed by atoms with E-state index in [1.807, 2.05) is 147 Å². The molecule has 0 bridgehead atoms. The summed E-state index contributed by atoms with van der Waals surface area (Å²) in [5.41, 5.74) is 31.0. The minimum Gasteiger partial charge on any atom is -0.452 e. The van der Waals surface area contributed by atoms with Crippen molar-refractivity contribution >= 4 is 114 Å². The monoisotopic (exact) mass is 1950 g/mol. The molecule has 39 heteroatoms. The number of rotatable bonds is 16. The zero-order chi connectivity index (χ0) is 94.8. The molecule has 690 valence electrons. The molecule has 0 saturated carbocycles. The Balaban J connectivity index is 0.000000128. The fraction of sp³-hybridized carbons (Fsp3) is 0.258. The van der Waals surface area contributed by atoms with Crippen molar-refractivity contribution in [2.24, 2.45) is 0 Å². The summed E-state index contributed by atoms with van der Waals surface area (Å²) in [5.74, 6) is 16.1. The van der Waals surface area contributed by atoms with Gasteiger partial charge in [-0.25, -0.2) is 77.8 Å². The Kier molecular flexibility index (Phi) is 28.0. The molecule has 5 saturated heterocycles. The molecule has 12 N–H and O–H groups in total. The Labute approximate surface area is 788 Å². The van der Waals surface area contributed by atoms with Gasteiger partial charge in [-0.15, -0.1) is 0 Å². The van der Waals surface area contributed by atoms with Gasteiger partial charge in [0.15, 0.2) is 77.7 Å². The molecule has 136 heavy (non-hydrogen) atoms. The number of aromatic nitrogens is 16. The molecule has 15 aromatic rings. The Bertz CT molecular complexity index is 7050. The number of esters is 4. The van der Waals surface area contributed by atoms with Crippen LogP contribution in [0.1, 0.15) is 141 Å². The fourth-order valence-electron chi connectivity index (χ4n) is 16.0. The quantitative estimate of drug-likeness (QED) is 0.0193. The van der Waals surface area contributed by atoms with Crippen molar-refractivity contribution in [3.63, 3.8) is 0 Å². The first kappa shape index (κ1) is 92.7. The SMILES string of the molecule is CC1(C)O[C@@H]2[C@H](O1)[C@@H](CO)O[C@H]2n1nc(C#Cc2ccccc2)c2c(N)ncnc21.CC[C@H]1O[C@@H](n2nc(C#Cc3ccccc3)c3c(N)ncnc32)C(OC(=O)c2ccccc2)[C@@H]1OC(=O)c1ccccc1.CC[C@H]1O[C@@H](n2nc(I)c3c(N)ncnc32)C(OC(=O)c2ccccc2)[C@@H]1OC(=O)c1ccccc1.Nc1ncnc2c1c(C#Cc1ccccc1)nn2[C@@H]1O[C@H](CO)[C@@H](O)[C@H]1O. The van der Waals surface area contributed by atoms with Crippen LogP contribution in [0.5, 0.6) is 0 Å². The van der Waals surface area contributed by atoms with E-state index in [9.17, 15) is 39.6 Å². The number of halogens is 1. The number of aliphatic hydroxyl groups is 4. The Hall–Kier alpha value is -15.2. The number of nitrogen functional groups attached to an aromatic ring is 4. The number of fused-ring (bicyclic) bond motifs is 5. The van der Waals surface area contributed by atoms with E-state index in [0.29, 0.717) is 100 Å². The minimum absolute atomic E-state index is 0.184. The van der Waals surface area contributed by atoms with Crippen molar-refractivity contribution in [1.29, 1.82) is 0 Å². The number of anilines is 4. The molecule has 0 radical (unpaired) electrons. The summed E-state index contributed by atoms with van der Waals surface area (Å²) in [4.78, 5) is 86.2. The molecule has 8 aromatic heterocycles. The number of nitrogens with zero attached hydrogens (tertiary/aromatic N) is 16. The maximum Gasteiger partial charge on any atom is 0.338 e. The third-order valence-electron chi connectivity index (χ3n) is 22.5. The molecule has 0 spiro atoms. The third kappa shape index (κ3) is 19.6. The predicted molar refractivity (Wildman–Crippen MR) is 498 cm³/mol. The molecule has 20 rings (SSSR count). The van der Waals surface area contributed by atoms with Gasteiger partial charge in [-0.3, -0.25) is 0 Å². The highest BCUT2D eigenvalue weighted by Gasteiger charge is 2.58. The predicted octanol–water partition coefficient (Wildman–Crippen LogP) is 8.98. The molecular weight excluding hydrogens is 1860 g/mol. The summed E-state index contributed by atoms with van der Waals surface area (Å²) in [6, 6.07) is 62.7. The second-order valence-electron chi connectivity index (χ2n) is 31.7. The Morgan fingerprint density at radius 3 is 0.985 bits per heavy atom. The zero-order valence-corrected chi connectivity index (χ0v) is 75.1. The lowest BCUT2D eigenvalue weighted by molar-refractivity contribution is -0.201. The number of ether oxygens (including phenoxy) is 10. The normalized spacial score (nSPS) is 22.7. The van der Waals surface area contributed by atoms with Gasteiger partial charge in [0.25, 0.3) is 0 Å². The molecule has 2 unspecified atom stereocenters. The number of aliphatic hydroxyl groups excluding tert-OH is 4. The first-order valence-corrected chi connectivity index (χ1v) is 44.1. The van der Waals surface area contributed by atoms with Crippen LogP contribution in [-0.2, 0) is 47.4 Å². The maximum atomic E-state index is 13.3. The summed E-state index contributed by atoms with van der Waals surface area (Å²) in [7, 11) is 0. The molecule has 5 aliphatic heterocycles. The topological polar surface area (TPSA) is 520 Å². The molecule has 0 aliphatic carbocycles. The van der Waals surface area contributed by atoms with E-state index in [2.05, 4.69) is 90.7 Å². The van der Waals surface area contributed by atoms with Crippen LogP contribution in [0.4, 0.5) is 23.3 Å². The van der Waals surface area contributed by atoms with Crippen molar-refractivity contribution in [2.75, 3.05) is 36.1 Å². The molecule has 0 amide bonds. The number of carbonyl (C=O) groups excluding carboxylic acids is 4. The van der Waals surface area contributed by atoms with E-state index in [-0.39, 0.29) is 29.9 Å². The van der Waals surface area contributed by atoms with Crippen LogP contribution in [0.2, 0.25) is 0 Å². The second kappa shape index (κ2) is 41.1. The summed E-state index contributed by atoms with van der Waals surface area (Å²) in [6.45, 7) is 6.81. The molecule has 13 heterocycles. The summed E-state index contributed by atoms with van der Waals surface area (Å²) >= 11 is 2.04. The van der Waals surface area contributed by atoms with Crippen molar-refractivity contribution in [1.82, 2.24) is 79.0 Å². The van der Waals surface area contributed by atoms with Gasteiger partial charge in [0.1, 0.15) is 118 Å². The summed E-state index contributed by atoms with van der Waals surface area (Å²) in [5, 5.41) is 59.7. The van der Waals surface area contributed by atoms with Gasteiger partial charge in [0.2, 0.25) is 0 Å². The molecule has 5 aliphatic rings. The zero-order valence-electron chi connectivity index (χ0n) is 72.9. The van der Waals surface area contributed by atoms with Crippen LogP contribution in [0, 0.1) is 39.2 Å². The van der Waals surface area contributed by atoms with E-state index in [4.69, 9.17) is 75.4 Å². The third-order valence-corrected chi connectivity index (χ3v) is 23.3. The van der Waals surface area contributed by atoms with Gasteiger partial charge in [0, 0.05) is 16.7 Å². The number of benzene rings is 7. The van der Waals surface area contributed by atoms with Gasteiger partial charge in [0.05, 0.1) is 57.0 Å². The van der Waals surface area contributed by atoms with Crippen LogP contribution in [-0.4, -0.2) is 216 Å². The van der Waals surface area contributed by atoms with Gasteiger partial charge in [-0.2, -0.15) is 20.4 Å². The number of nitrogens with two attached hydrogens (primary N) is 4. The lowest BCUT2D eigenvalue weighted by atomic mass is 10.1. The van der Waals surface area contributed by atoms with Gasteiger partial charge in [-0.05, 0) is 152 Å². The van der Waals surface area contributed by atoms with Gasteiger partial charge < -0.3 is 90.7 Å². The fourth-order valence-corrected chi connectivity index (χ4v) is 16.8. The van der Waals surface area contributed by atoms with E-state index in [0.717, 1.165) is 16.7 Å². The highest BCUT2D eigenvalue weighted by atomic mass is 127. The van der Waals surface area contributed by atoms with Gasteiger partial charge in [-0.1, -0.05) is 159 Å². The molecule has 16 atom stereocenters. The first-order valence-electron chi connectivity index (χ1n) is 43.0. The van der Waals surface area contributed by atoms with Crippen molar-refractivity contribution < 1.29 is 87.0 Å². The van der Waals surface area contributed by atoms with Crippen molar-refractivity contribution in [3.05, 3.63) is 297 Å². The van der Waals surface area contributed by atoms with Crippen LogP contribution < -0.4 is 22.9 Å². The lowest BCUT2D eigenvalue weighted by Crippen LogP contribution is -2.39. The average Bonchev–Trinajstić information content (AvgIpc) is 1.58. The maximum absolute atomic E-state index is 13.3. The molecular formula is C97H87IN20O18. The summed E-state index contributed by atoms with van der Waals surface area (Å²) in [6.07, 6.45) is -7.42. The van der Waals surface area contributed by atoms with Gasteiger partial charge >= 0.3 is 23.9 Å². The second-order valence-corrected chi connectivity index (χ2v) is 32.7. The first-order chi connectivity index (χ1) is 66.1. The number of hydrogen-bond acceptors (Lipinski definition) is 34. The molecule has 7 aromatic carbocycles. The smallest absolute Gasteiger partial charge is 0.338 e. The van der Waals surface area contributed by atoms with E-state index in [1.165, 1.54) is 39.4 Å². The molecule has 5 fully saturated rings. The Morgan fingerprint density at radius 2 is 0.647 bits per heavy atom. The Morgan fingerprint density at radius 1 is 0.360 bits per heavy atom. The standard InChI is InChI=1S/C33H27N5O5.C25H22IN5O5.C21H21N5O4.C18H17N5O4/c1-2-25-27(42-32(39)22-14-8-4-9-15-22)28(43-33(40)23-16-10-5-11-17-23)31(41-25)38-30-26(29(34)35-20-36-30)24(37-38)19-18-21-12-6-3-7-13-21;1-2-16-18(35-24(32)14-9-5-3-6-10-14)19(36-25(33)15-11-7-4-8-12-15)23(34-16)31-22-17(20(26)30-31)21(27)28-13-29-22;1-21(2)29-16-14(10-27)28-20(17(16)30-21)26-19-15(18(22)23-11-24-19)13(25-26)9-8-12-6-4-3-5-7-12;19-16-13-11(7-6-10-4-2-1-3-5-10)22-23(17(13)21-9-20-16)18-15(26)14(25)12(8-24)27-18/h3-17,20,25,27-28,31H,2H2,1H3,(H2,34,35,36);3-13,16,18-19,23H,2H2,1H3,(H2,27,28,29);3-7,11,14,16-17,20,27H,10H2,1-2H3,(H2,22,23,24);1-5,9,12,14-15,18,24-26H,8H2,(H2,19,20,21)/t25-,27-,28?,31-;16-,18-,19?,23-;14-,16-,17-,20-;12-,14-,15-,18-/m1111/s1. The van der Waals surface area contributed by atoms with Crippen LogP contribution in [0.15, 0.2) is 238 Å². The molecule has 38 nitrogen and oxygen atoms in total. The number of hydrogen-bond donors (Lipinski definition) is 8. The minimum atomic E-state index is -1.30. The van der Waals surface area contributed by atoms with Crippen LogP contribution in [0.3, 0.4) is 0 Å². The highest BCUT2D eigenvalue weighted by molar-refractivity contribution is 14.1. The van der Waals surface area contributed by atoms with E-state index < -0.39 is 134 Å². The number of carbonyl (C=O) groups is 4. The largest absolute Gasteiger partial charge is 0.452 e. The van der Waals surface area contributed by atoms with E-state index in [1.54, 1.807) is 120 Å². The summed E-state index contributed by atoms with van der Waals surface area (Å²) < 4.78 is 66.6. The van der Waals surface area contributed by atoms with E-state index >= 15 is 0 Å². The lowest BCUT2D eigenvalue weighted by Gasteiger charge is -2.24. The van der Waals surface area contributed by atoms with Crippen LogP contribution in [0.25, 0.3) is 44.1 Å². The average molecular weight is 1950 g/mol. The van der Waals surface area contributed by atoms with Crippen molar-refractivity contribution in [2.45, 2.75) is 144 Å². The van der Waals surface area contributed by atoms with Crippen molar-refractivity contribution in [3.8, 4) is 35.5 Å².